The molecule has 1 aromatic carbocycles. The molecule has 0 saturated carbocycles. The summed E-state index contributed by atoms with van der Waals surface area (Å²) < 4.78 is 0.952. The number of hydrogen-bond acceptors (Lipinski definition) is 2. The lowest BCUT2D eigenvalue weighted by molar-refractivity contribution is 0.0695. The summed E-state index contributed by atoms with van der Waals surface area (Å²) in [6, 6.07) is 10.6. The van der Waals surface area contributed by atoms with Crippen LogP contribution in [0.15, 0.2) is 45.7 Å². The second kappa shape index (κ2) is 5.18. The smallest absolute Gasteiger partial charge is 0.341 e. The number of carbonyl (C=O) groups is 1. The van der Waals surface area contributed by atoms with Crippen LogP contribution < -0.4 is 5.56 Å². The van der Waals surface area contributed by atoms with E-state index in [0.29, 0.717) is 12.1 Å². The second-order valence-electron chi connectivity index (χ2n) is 3.80. The Balaban J connectivity index is 2.32. The third kappa shape index (κ3) is 2.68. The molecule has 0 fully saturated rings. The van der Waals surface area contributed by atoms with Gasteiger partial charge in [0.2, 0.25) is 0 Å². The van der Waals surface area contributed by atoms with E-state index in [9.17, 15) is 9.59 Å². The van der Waals surface area contributed by atoms with Crippen molar-refractivity contribution in [1.82, 2.24) is 4.98 Å². The van der Waals surface area contributed by atoms with Crippen LogP contribution in [0.1, 0.15) is 21.6 Å². The Morgan fingerprint density at radius 3 is 2.56 bits per heavy atom. The van der Waals surface area contributed by atoms with Crippen molar-refractivity contribution in [2.75, 3.05) is 0 Å². The third-order valence-electron chi connectivity index (χ3n) is 2.54. The van der Waals surface area contributed by atoms with Crippen LogP contribution in [-0.2, 0) is 6.42 Å². The topological polar surface area (TPSA) is 70.2 Å². The zero-order chi connectivity index (χ0) is 13.1. The highest BCUT2D eigenvalue weighted by molar-refractivity contribution is 9.10. The zero-order valence-electron chi connectivity index (χ0n) is 9.31. The summed E-state index contributed by atoms with van der Waals surface area (Å²) >= 11 is 3.42. The molecular weight excluding hydrogens is 298 g/mol. The number of rotatable bonds is 3. The van der Waals surface area contributed by atoms with Gasteiger partial charge in [-0.25, -0.2) is 4.79 Å². The summed E-state index contributed by atoms with van der Waals surface area (Å²) in [5.74, 6) is -1.22. The summed E-state index contributed by atoms with van der Waals surface area (Å²) in [6.07, 6.45) is 0.538. The number of hydrogen-bond donors (Lipinski definition) is 2. The Morgan fingerprint density at radius 2 is 1.94 bits per heavy atom. The van der Waals surface area contributed by atoms with Gasteiger partial charge in [0.15, 0.2) is 0 Å². The highest BCUT2D eigenvalue weighted by Crippen LogP contribution is 2.18. The quantitative estimate of drug-likeness (QED) is 0.915. The molecule has 0 aliphatic carbocycles. The standard InChI is InChI=1S/C13H10BrNO3/c14-11-4-2-1-3-8(11)7-9-5-6-10(13(17)18)12(16)15-9/h1-6H,7H2,(H,15,16)(H,17,18). The molecule has 0 spiro atoms. The van der Waals surface area contributed by atoms with E-state index in [1.54, 1.807) is 6.07 Å². The van der Waals surface area contributed by atoms with Crippen molar-refractivity contribution < 1.29 is 9.90 Å². The van der Waals surface area contributed by atoms with Crippen LogP contribution in [0.5, 0.6) is 0 Å². The van der Waals surface area contributed by atoms with Gasteiger partial charge in [0, 0.05) is 16.6 Å². The number of carboxylic acid groups (broad SMARTS) is 1. The molecule has 92 valence electrons. The molecule has 2 N–H and O–H groups in total. The number of aromatic amines is 1. The van der Waals surface area contributed by atoms with E-state index in [4.69, 9.17) is 5.11 Å². The first-order chi connectivity index (χ1) is 8.58. The number of aromatic nitrogens is 1. The number of H-pyrrole nitrogens is 1. The lowest BCUT2D eigenvalue weighted by atomic mass is 10.1. The predicted molar refractivity (Wildman–Crippen MR) is 71.0 cm³/mol. The van der Waals surface area contributed by atoms with Crippen LogP contribution in [0.4, 0.5) is 0 Å². The van der Waals surface area contributed by atoms with Crippen LogP contribution in [0, 0.1) is 0 Å². The van der Waals surface area contributed by atoms with Crippen molar-refractivity contribution in [3.8, 4) is 0 Å². The van der Waals surface area contributed by atoms with E-state index in [2.05, 4.69) is 20.9 Å². The molecular formula is C13H10BrNO3. The summed E-state index contributed by atoms with van der Waals surface area (Å²) in [5.41, 5.74) is 0.881. The summed E-state index contributed by atoms with van der Waals surface area (Å²) in [4.78, 5) is 24.8. The molecule has 0 atom stereocenters. The van der Waals surface area contributed by atoms with Gasteiger partial charge in [-0.05, 0) is 23.8 Å². The van der Waals surface area contributed by atoms with E-state index < -0.39 is 11.5 Å². The summed E-state index contributed by atoms with van der Waals surface area (Å²) in [7, 11) is 0. The molecule has 0 saturated heterocycles. The van der Waals surface area contributed by atoms with Gasteiger partial charge < -0.3 is 10.1 Å². The monoisotopic (exact) mass is 307 g/mol. The number of nitrogens with one attached hydrogen (secondary N) is 1. The maximum atomic E-state index is 11.5. The minimum atomic E-state index is -1.22. The van der Waals surface area contributed by atoms with Gasteiger partial charge in [-0.3, -0.25) is 4.79 Å². The molecule has 2 aromatic rings. The van der Waals surface area contributed by atoms with Crippen LogP contribution in [0.2, 0.25) is 0 Å². The third-order valence-corrected chi connectivity index (χ3v) is 3.31. The highest BCUT2D eigenvalue weighted by atomic mass is 79.9. The predicted octanol–water partition coefficient (Wildman–Crippen LogP) is 2.43. The van der Waals surface area contributed by atoms with E-state index in [0.717, 1.165) is 10.0 Å². The fourth-order valence-corrected chi connectivity index (χ4v) is 2.06. The number of aromatic carboxylic acids is 1. The van der Waals surface area contributed by atoms with E-state index in [1.165, 1.54) is 6.07 Å². The van der Waals surface area contributed by atoms with Crippen molar-refractivity contribution in [3.05, 3.63) is 68.0 Å². The molecule has 0 unspecified atom stereocenters. The molecule has 5 heteroatoms. The van der Waals surface area contributed by atoms with Crippen molar-refractivity contribution in [2.24, 2.45) is 0 Å². The highest BCUT2D eigenvalue weighted by Gasteiger charge is 2.09. The van der Waals surface area contributed by atoms with Crippen LogP contribution in [-0.4, -0.2) is 16.1 Å². The minimum absolute atomic E-state index is 0.245. The molecule has 0 amide bonds. The maximum absolute atomic E-state index is 11.5. The van der Waals surface area contributed by atoms with E-state index in [-0.39, 0.29) is 5.56 Å². The Morgan fingerprint density at radius 1 is 1.22 bits per heavy atom. The van der Waals surface area contributed by atoms with E-state index in [1.807, 2.05) is 24.3 Å². The first-order valence-electron chi connectivity index (χ1n) is 5.27. The first kappa shape index (κ1) is 12.6. The van der Waals surface area contributed by atoms with Gasteiger partial charge in [-0.15, -0.1) is 0 Å². The number of halogens is 1. The number of carboxylic acids is 1. The largest absolute Gasteiger partial charge is 0.477 e. The molecule has 0 bridgehead atoms. The average molecular weight is 308 g/mol. The summed E-state index contributed by atoms with van der Waals surface area (Å²) in [6.45, 7) is 0. The normalized spacial score (nSPS) is 10.3. The van der Waals surface area contributed by atoms with Gasteiger partial charge in [0.25, 0.3) is 5.56 Å². The molecule has 1 heterocycles. The SMILES string of the molecule is O=C(O)c1ccc(Cc2ccccc2Br)[nH]c1=O. The van der Waals surface area contributed by atoms with Crippen molar-refractivity contribution >= 4 is 21.9 Å². The van der Waals surface area contributed by atoms with Gasteiger partial charge in [0.1, 0.15) is 5.56 Å². The average Bonchev–Trinajstić information content (AvgIpc) is 2.32. The zero-order valence-corrected chi connectivity index (χ0v) is 10.9. The van der Waals surface area contributed by atoms with Crippen LogP contribution >= 0.6 is 15.9 Å². The van der Waals surface area contributed by atoms with Crippen LogP contribution in [0.25, 0.3) is 0 Å². The van der Waals surface area contributed by atoms with Gasteiger partial charge in [-0.1, -0.05) is 34.1 Å². The van der Waals surface area contributed by atoms with Crippen LogP contribution in [0.3, 0.4) is 0 Å². The van der Waals surface area contributed by atoms with Crippen molar-refractivity contribution in [1.29, 1.82) is 0 Å². The fourth-order valence-electron chi connectivity index (χ4n) is 1.63. The number of benzene rings is 1. The first-order valence-corrected chi connectivity index (χ1v) is 6.06. The lowest BCUT2D eigenvalue weighted by Crippen LogP contribution is -2.18. The minimum Gasteiger partial charge on any atom is -0.477 e. The van der Waals surface area contributed by atoms with E-state index >= 15 is 0 Å². The Hall–Kier alpha value is -1.88. The number of pyridine rings is 1. The Kier molecular flexibility index (Phi) is 3.62. The second-order valence-corrected chi connectivity index (χ2v) is 4.65. The maximum Gasteiger partial charge on any atom is 0.341 e. The van der Waals surface area contributed by atoms with Gasteiger partial charge in [0.05, 0.1) is 0 Å². The molecule has 0 radical (unpaired) electrons. The molecule has 1 aromatic heterocycles. The summed E-state index contributed by atoms with van der Waals surface area (Å²) in [5, 5.41) is 8.76. The van der Waals surface area contributed by atoms with Crippen molar-refractivity contribution in [2.45, 2.75) is 6.42 Å². The Bertz CT molecular complexity index is 649. The molecule has 4 nitrogen and oxygen atoms in total. The fraction of sp³-hybridized carbons (Fsp3) is 0.0769. The Labute approximate surface area is 111 Å². The van der Waals surface area contributed by atoms with Gasteiger partial charge in [-0.2, -0.15) is 0 Å². The molecule has 0 aliphatic heterocycles. The lowest BCUT2D eigenvalue weighted by Gasteiger charge is -2.04. The molecule has 2 rings (SSSR count). The molecule has 18 heavy (non-hydrogen) atoms. The molecule has 0 aliphatic rings. The van der Waals surface area contributed by atoms with Crippen molar-refractivity contribution in [3.63, 3.8) is 0 Å². The van der Waals surface area contributed by atoms with Gasteiger partial charge >= 0.3 is 5.97 Å².